The van der Waals surface area contributed by atoms with Gasteiger partial charge in [-0.15, -0.1) is 0 Å². The van der Waals surface area contributed by atoms with Gasteiger partial charge in [-0.1, -0.05) is 6.07 Å². The zero-order valence-electron chi connectivity index (χ0n) is 16.6. The zero-order valence-corrected chi connectivity index (χ0v) is 16.6. The molecule has 9 heteroatoms. The van der Waals surface area contributed by atoms with Gasteiger partial charge in [0.25, 0.3) is 5.97 Å². The summed E-state index contributed by atoms with van der Waals surface area (Å²) in [6, 6.07) is 12.1. The quantitative estimate of drug-likeness (QED) is 0.464. The van der Waals surface area contributed by atoms with E-state index in [9.17, 15) is 0 Å². The van der Waals surface area contributed by atoms with Crippen LogP contribution in [0.25, 0.3) is 22.2 Å². The van der Waals surface area contributed by atoms with Crippen LogP contribution in [0.3, 0.4) is 0 Å². The molecule has 0 saturated carbocycles. The number of aromatic nitrogens is 4. The topological polar surface area (TPSA) is 139 Å². The van der Waals surface area contributed by atoms with E-state index in [1.165, 1.54) is 5.56 Å². The molecule has 0 bridgehead atoms. The number of carboxylic acids is 1. The summed E-state index contributed by atoms with van der Waals surface area (Å²) < 4.78 is 0. The normalized spacial score (nSPS) is 11.5. The minimum absolute atomic E-state index is 0.232. The van der Waals surface area contributed by atoms with Gasteiger partial charge in [-0.05, 0) is 47.0 Å². The van der Waals surface area contributed by atoms with Crippen LogP contribution >= 0.6 is 0 Å². The highest BCUT2D eigenvalue weighted by molar-refractivity contribution is 5.93. The van der Waals surface area contributed by atoms with E-state index in [0.717, 1.165) is 40.3 Å². The first kappa shape index (κ1) is 19.9. The number of aliphatic carboxylic acids is 1. The van der Waals surface area contributed by atoms with E-state index in [0.29, 0.717) is 12.4 Å². The fourth-order valence-electron chi connectivity index (χ4n) is 3.27. The predicted octanol–water partition coefficient (Wildman–Crippen LogP) is 3.44. The van der Waals surface area contributed by atoms with Crippen molar-refractivity contribution in [1.82, 2.24) is 19.9 Å². The Kier molecular flexibility index (Phi) is 5.48. The molecular formula is C22H19N7O2. The molecule has 1 aliphatic rings. The largest absolute Gasteiger partial charge is 0.481 e. The molecule has 0 unspecified atom stereocenters. The SMILES string of the molecule is CC(=O)O.Nc1nccc(Nc2cc3c(c(-c4ccc5nccnc5c4)c2)CN=C3)n1. The minimum atomic E-state index is -0.833. The number of anilines is 3. The molecule has 0 radical (unpaired) electrons. The van der Waals surface area contributed by atoms with Crippen LogP contribution in [0.15, 0.2) is 60.0 Å². The number of hydrogen-bond donors (Lipinski definition) is 3. The van der Waals surface area contributed by atoms with Crippen LogP contribution in [0.2, 0.25) is 0 Å². The molecule has 2 aromatic carbocycles. The molecule has 4 aromatic rings. The van der Waals surface area contributed by atoms with Crippen LogP contribution in [0.1, 0.15) is 18.1 Å². The van der Waals surface area contributed by atoms with Crippen LogP contribution in [-0.4, -0.2) is 37.2 Å². The predicted molar refractivity (Wildman–Crippen MR) is 119 cm³/mol. The number of hydrogen-bond acceptors (Lipinski definition) is 8. The van der Waals surface area contributed by atoms with E-state index in [1.807, 2.05) is 12.3 Å². The Morgan fingerprint density at radius 3 is 2.58 bits per heavy atom. The molecule has 0 saturated heterocycles. The third-order valence-electron chi connectivity index (χ3n) is 4.49. The Balaban J connectivity index is 0.000000535. The monoisotopic (exact) mass is 413 g/mol. The van der Waals surface area contributed by atoms with Crippen LogP contribution in [0.4, 0.5) is 17.5 Å². The van der Waals surface area contributed by atoms with Gasteiger partial charge in [0.05, 0.1) is 17.6 Å². The van der Waals surface area contributed by atoms with Crippen molar-refractivity contribution in [1.29, 1.82) is 0 Å². The number of carbonyl (C=O) groups is 1. The van der Waals surface area contributed by atoms with Crippen LogP contribution in [0.5, 0.6) is 0 Å². The lowest BCUT2D eigenvalue weighted by atomic mass is 9.95. The van der Waals surface area contributed by atoms with Crippen molar-refractivity contribution in [2.24, 2.45) is 4.99 Å². The third-order valence-corrected chi connectivity index (χ3v) is 4.49. The van der Waals surface area contributed by atoms with E-state index in [1.54, 1.807) is 24.7 Å². The first-order valence-electron chi connectivity index (χ1n) is 9.42. The first-order chi connectivity index (χ1) is 15.0. The molecule has 5 rings (SSSR count). The first-order valence-corrected chi connectivity index (χ1v) is 9.42. The van der Waals surface area contributed by atoms with Crippen molar-refractivity contribution in [3.63, 3.8) is 0 Å². The van der Waals surface area contributed by atoms with Crippen molar-refractivity contribution in [3.05, 3.63) is 66.1 Å². The Morgan fingerprint density at radius 1 is 1.03 bits per heavy atom. The fraction of sp³-hybridized carbons (Fsp3) is 0.0909. The van der Waals surface area contributed by atoms with Gasteiger partial charge in [0.1, 0.15) is 5.82 Å². The smallest absolute Gasteiger partial charge is 0.300 e. The molecule has 154 valence electrons. The maximum atomic E-state index is 9.00. The lowest BCUT2D eigenvalue weighted by molar-refractivity contribution is -0.134. The molecule has 4 N–H and O–H groups in total. The van der Waals surface area contributed by atoms with Gasteiger partial charge in [0.15, 0.2) is 0 Å². The highest BCUT2D eigenvalue weighted by atomic mass is 16.4. The summed E-state index contributed by atoms with van der Waals surface area (Å²) in [5, 5.41) is 10.7. The Morgan fingerprint density at radius 2 is 1.81 bits per heavy atom. The molecule has 0 atom stereocenters. The third kappa shape index (κ3) is 4.61. The second-order valence-electron chi connectivity index (χ2n) is 6.77. The molecule has 0 fully saturated rings. The highest BCUT2D eigenvalue weighted by Gasteiger charge is 2.16. The average molecular weight is 413 g/mol. The Hall–Kier alpha value is -4.40. The summed E-state index contributed by atoms with van der Waals surface area (Å²) in [6.07, 6.45) is 6.93. The van der Waals surface area contributed by atoms with Gasteiger partial charge >= 0.3 is 0 Å². The maximum Gasteiger partial charge on any atom is 0.300 e. The van der Waals surface area contributed by atoms with Crippen LogP contribution in [-0.2, 0) is 11.3 Å². The van der Waals surface area contributed by atoms with Crippen molar-refractivity contribution in [2.75, 3.05) is 11.1 Å². The number of nitrogen functional groups attached to an aromatic ring is 1. The van der Waals surface area contributed by atoms with Gasteiger partial charge in [0.2, 0.25) is 5.95 Å². The standard InChI is InChI=1S/C20H15N7.C2H4O2/c21-20-25-4-3-19(27-20)26-14-7-13-10-22-11-16(13)15(9-14)12-1-2-17-18(8-12)24-6-5-23-17;1-2(3)4/h1-10H,11H2,(H3,21,25,26,27);1H3,(H,3,4). The maximum absolute atomic E-state index is 9.00. The molecule has 3 heterocycles. The molecule has 31 heavy (non-hydrogen) atoms. The lowest BCUT2D eigenvalue weighted by Crippen LogP contribution is -2.00. The number of nitrogens with one attached hydrogen (secondary N) is 1. The number of rotatable bonds is 3. The van der Waals surface area contributed by atoms with E-state index >= 15 is 0 Å². The van der Waals surface area contributed by atoms with Gasteiger partial charge in [-0.25, -0.2) is 4.98 Å². The summed E-state index contributed by atoms with van der Waals surface area (Å²) in [5.74, 6) is 0.0452. The summed E-state index contributed by atoms with van der Waals surface area (Å²) in [4.78, 5) is 30.3. The zero-order chi connectivity index (χ0) is 21.8. The summed E-state index contributed by atoms with van der Waals surface area (Å²) in [7, 11) is 0. The van der Waals surface area contributed by atoms with Crippen molar-refractivity contribution < 1.29 is 9.90 Å². The summed E-state index contributed by atoms with van der Waals surface area (Å²) in [6.45, 7) is 1.75. The van der Waals surface area contributed by atoms with Gasteiger partial charge in [-0.2, -0.15) is 4.98 Å². The number of fused-ring (bicyclic) bond motifs is 2. The number of benzene rings is 2. The van der Waals surface area contributed by atoms with Crippen LogP contribution < -0.4 is 11.1 Å². The molecular weight excluding hydrogens is 394 g/mol. The van der Waals surface area contributed by atoms with Crippen molar-refractivity contribution >= 4 is 40.7 Å². The Labute approximate surface area is 177 Å². The number of aliphatic imine (C=N–C) groups is 1. The van der Waals surface area contributed by atoms with Gasteiger partial charge in [0, 0.05) is 43.0 Å². The Bertz CT molecular complexity index is 1300. The van der Waals surface area contributed by atoms with E-state index in [4.69, 9.17) is 15.6 Å². The minimum Gasteiger partial charge on any atom is -0.481 e. The number of nitrogens with zero attached hydrogens (tertiary/aromatic N) is 5. The van der Waals surface area contributed by atoms with Crippen molar-refractivity contribution in [2.45, 2.75) is 13.5 Å². The van der Waals surface area contributed by atoms with Crippen LogP contribution in [0, 0.1) is 0 Å². The van der Waals surface area contributed by atoms with Crippen molar-refractivity contribution in [3.8, 4) is 11.1 Å². The van der Waals surface area contributed by atoms with Gasteiger partial charge in [-0.3, -0.25) is 19.8 Å². The number of carboxylic acid groups (broad SMARTS) is 1. The lowest BCUT2D eigenvalue weighted by Gasteiger charge is -2.13. The highest BCUT2D eigenvalue weighted by Crippen LogP contribution is 2.34. The van der Waals surface area contributed by atoms with E-state index in [-0.39, 0.29) is 5.95 Å². The summed E-state index contributed by atoms with van der Waals surface area (Å²) in [5.41, 5.74) is 12.8. The fourth-order valence-corrected chi connectivity index (χ4v) is 3.27. The molecule has 1 aliphatic heterocycles. The second kappa shape index (κ2) is 8.54. The van der Waals surface area contributed by atoms with Gasteiger partial charge < -0.3 is 16.2 Å². The van der Waals surface area contributed by atoms with E-state index in [2.05, 4.69) is 54.5 Å². The number of nitrogens with two attached hydrogens (primary N) is 1. The second-order valence-corrected chi connectivity index (χ2v) is 6.77. The molecule has 9 nitrogen and oxygen atoms in total. The molecule has 0 aliphatic carbocycles. The molecule has 2 aromatic heterocycles. The molecule has 0 amide bonds. The summed E-state index contributed by atoms with van der Waals surface area (Å²) >= 11 is 0. The average Bonchev–Trinajstić information content (AvgIpc) is 3.21. The molecule has 0 spiro atoms. The van der Waals surface area contributed by atoms with E-state index < -0.39 is 5.97 Å².